The van der Waals surface area contributed by atoms with Crippen LogP contribution < -0.4 is 5.32 Å². The quantitative estimate of drug-likeness (QED) is 0.828. The van der Waals surface area contributed by atoms with Gasteiger partial charge in [0.25, 0.3) is 0 Å². The van der Waals surface area contributed by atoms with Gasteiger partial charge in [-0.1, -0.05) is 30.3 Å². The van der Waals surface area contributed by atoms with E-state index in [1.165, 1.54) is 0 Å². The third-order valence-electron chi connectivity index (χ3n) is 2.81. The van der Waals surface area contributed by atoms with Crippen LogP contribution in [-0.4, -0.2) is 26.8 Å². The molecule has 0 radical (unpaired) electrons. The minimum atomic E-state index is -1.08. The lowest BCUT2D eigenvalue weighted by molar-refractivity contribution is -0.142. The third kappa shape index (κ3) is 3.68. The Hall–Kier alpha value is -2.63. The molecule has 1 aromatic heterocycles. The fourth-order valence-electron chi connectivity index (χ4n) is 1.82. The van der Waals surface area contributed by atoms with E-state index in [2.05, 4.69) is 10.4 Å². The Morgan fingerprint density at radius 1 is 1.25 bits per heavy atom. The number of carbonyl (C=O) groups excluding carboxylic acids is 1. The number of carbonyl (C=O) groups is 2. The minimum Gasteiger partial charge on any atom is -0.479 e. The van der Waals surface area contributed by atoms with E-state index >= 15 is 0 Å². The molecule has 0 bridgehead atoms. The Morgan fingerprint density at radius 3 is 2.60 bits per heavy atom. The van der Waals surface area contributed by atoms with Gasteiger partial charge in [-0.25, -0.2) is 4.79 Å². The molecule has 6 heteroatoms. The van der Waals surface area contributed by atoms with E-state index < -0.39 is 12.0 Å². The standard InChI is InChI=1S/C14H15N3O3/c18-12(7-10-17-9-4-8-15-17)16-13(14(19)20)11-5-2-1-3-6-11/h1-6,8-9,13H,7,10H2,(H,16,18)(H,19,20)/t13-/m0/s1. The Morgan fingerprint density at radius 2 is 2.00 bits per heavy atom. The first kappa shape index (κ1) is 13.8. The summed E-state index contributed by atoms with van der Waals surface area (Å²) in [5.74, 6) is -1.40. The molecular formula is C14H15N3O3. The van der Waals surface area contributed by atoms with E-state index in [0.29, 0.717) is 12.1 Å². The summed E-state index contributed by atoms with van der Waals surface area (Å²) in [5, 5.41) is 15.7. The average Bonchev–Trinajstić information content (AvgIpc) is 2.96. The van der Waals surface area contributed by atoms with Crippen molar-refractivity contribution in [3.05, 3.63) is 54.4 Å². The Kier molecular flexibility index (Phi) is 4.49. The fourth-order valence-corrected chi connectivity index (χ4v) is 1.82. The first-order valence-electron chi connectivity index (χ1n) is 6.21. The molecule has 2 aromatic rings. The highest BCUT2D eigenvalue weighted by molar-refractivity contribution is 5.84. The van der Waals surface area contributed by atoms with Crippen LogP contribution in [0.4, 0.5) is 0 Å². The molecule has 6 nitrogen and oxygen atoms in total. The second kappa shape index (κ2) is 6.51. The molecule has 2 rings (SSSR count). The van der Waals surface area contributed by atoms with Crippen molar-refractivity contribution < 1.29 is 14.7 Å². The number of carboxylic acid groups (broad SMARTS) is 1. The molecule has 1 amide bonds. The first-order chi connectivity index (χ1) is 9.66. The lowest BCUT2D eigenvalue weighted by atomic mass is 10.1. The number of carboxylic acids is 1. The van der Waals surface area contributed by atoms with Gasteiger partial charge in [-0.3, -0.25) is 9.48 Å². The van der Waals surface area contributed by atoms with Gasteiger partial charge >= 0.3 is 5.97 Å². The van der Waals surface area contributed by atoms with E-state index in [0.717, 1.165) is 0 Å². The number of amides is 1. The summed E-state index contributed by atoms with van der Waals surface area (Å²) >= 11 is 0. The molecule has 104 valence electrons. The Labute approximate surface area is 116 Å². The number of hydrogen-bond acceptors (Lipinski definition) is 3. The molecular weight excluding hydrogens is 258 g/mol. The normalized spacial score (nSPS) is 11.8. The zero-order chi connectivity index (χ0) is 14.4. The van der Waals surface area contributed by atoms with Crippen molar-refractivity contribution in [1.82, 2.24) is 15.1 Å². The number of nitrogens with zero attached hydrogens (tertiary/aromatic N) is 2. The second-order valence-corrected chi connectivity index (χ2v) is 4.27. The van der Waals surface area contributed by atoms with Gasteiger partial charge in [0.1, 0.15) is 0 Å². The molecule has 0 aliphatic carbocycles. The molecule has 0 saturated carbocycles. The maximum absolute atomic E-state index is 11.8. The van der Waals surface area contributed by atoms with Gasteiger partial charge in [0, 0.05) is 25.4 Å². The van der Waals surface area contributed by atoms with E-state index in [-0.39, 0.29) is 12.3 Å². The summed E-state index contributed by atoms with van der Waals surface area (Å²) in [6.45, 7) is 0.417. The fraction of sp³-hybridized carbons (Fsp3) is 0.214. The maximum atomic E-state index is 11.8. The summed E-state index contributed by atoms with van der Waals surface area (Å²) in [7, 11) is 0. The van der Waals surface area contributed by atoms with Crippen LogP contribution in [0.5, 0.6) is 0 Å². The molecule has 1 aromatic carbocycles. The van der Waals surface area contributed by atoms with Crippen LogP contribution in [0, 0.1) is 0 Å². The van der Waals surface area contributed by atoms with Gasteiger partial charge in [0.05, 0.1) is 0 Å². The smallest absolute Gasteiger partial charge is 0.330 e. The van der Waals surface area contributed by atoms with Crippen LogP contribution in [0.2, 0.25) is 0 Å². The number of nitrogens with one attached hydrogen (secondary N) is 1. The van der Waals surface area contributed by atoms with Crippen molar-refractivity contribution in [1.29, 1.82) is 0 Å². The number of benzene rings is 1. The van der Waals surface area contributed by atoms with Gasteiger partial charge in [-0.2, -0.15) is 5.10 Å². The van der Waals surface area contributed by atoms with Crippen LogP contribution in [0.15, 0.2) is 48.8 Å². The van der Waals surface area contributed by atoms with Crippen molar-refractivity contribution in [2.24, 2.45) is 0 Å². The van der Waals surface area contributed by atoms with Crippen LogP contribution in [0.1, 0.15) is 18.0 Å². The molecule has 0 unspecified atom stereocenters. The van der Waals surface area contributed by atoms with Crippen LogP contribution in [0.3, 0.4) is 0 Å². The average molecular weight is 273 g/mol. The highest BCUT2D eigenvalue weighted by atomic mass is 16.4. The topological polar surface area (TPSA) is 84.2 Å². The summed E-state index contributed by atoms with van der Waals surface area (Å²) in [6.07, 6.45) is 3.55. The van der Waals surface area contributed by atoms with Crippen LogP contribution in [-0.2, 0) is 16.1 Å². The zero-order valence-electron chi connectivity index (χ0n) is 10.8. The van der Waals surface area contributed by atoms with Crippen molar-refractivity contribution in [2.45, 2.75) is 19.0 Å². The van der Waals surface area contributed by atoms with Gasteiger partial charge in [-0.05, 0) is 11.6 Å². The van der Waals surface area contributed by atoms with Gasteiger partial charge in [-0.15, -0.1) is 0 Å². The van der Waals surface area contributed by atoms with Crippen LogP contribution in [0.25, 0.3) is 0 Å². The lowest BCUT2D eigenvalue weighted by Gasteiger charge is -2.14. The number of aliphatic carboxylic acids is 1. The molecule has 1 heterocycles. The van der Waals surface area contributed by atoms with Gasteiger partial charge < -0.3 is 10.4 Å². The van der Waals surface area contributed by atoms with Crippen LogP contribution >= 0.6 is 0 Å². The highest BCUT2D eigenvalue weighted by Gasteiger charge is 2.21. The summed E-state index contributed by atoms with van der Waals surface area (Å²) in [5.41, 5.74) is 0.549. The zero-order valence-corrected chi connectivity index (χ0v) is 10.8. The largest absolute Gasteiger partial charge is 0.479 e. The van der Waals surface area contributed by atoms with Crippen molar-refractivity contribution in [2.75, 3.05) is 0 Å². The van der Waals surface area contributed by atoms with Crippen molar-refractivity contribution in [3.8, 4) is 0 Å². The number of rotatable bonds is 6. The van der Waals surface area contributed by atoms with E-state index in [1.54, 1.807) is 53.5 Å². The second-order valence-electron chi connectivity index (χ2n) is 4.27. The molecule has 0 aliphatic rings. The van der Waals surface area contributed by atoms with Gasteiger partial charge in [0.15, 0.2) is 6.04 Å². The summed E-state index contributed by atoms with van der Waals surface area (Å²) < 4.78 is 1.62. The lowest BCUT2D eigenvalue weighted by Crippen LogP contribution is -2.34. The Bertz CT molecular complexity index is 567. The van der Waals surface area contributed by atoms with Crippen molar-refractivity contribution in [3.63, 3.8) is 0 Å². The van der Waals surface area contributed by atoms with E-state index in [4.69, 9.17) is 0 Å². The maximum Gasteiger partial charge on any atom is 0.330 e. The number of aromatic nitrogens is 2. The van der Waals surface area contributed by atoms with Gasteiger partial charge in [0.2, 0.25) is 5.91 Å². The van der Waals surface area contributed by atoms with Crippen molar-refractivity contribution >= 4 is 11.9 Å². The Balaban J connectivity index is 1.95. The molecule has 1 atom stereocenters. The first-order valence-corrected chi connectivity index (χ1v) is 6.21. The number of aryl methyl sites for hydroxylation is 1. The summed E-state index contributed by atoms with van der Waals surface area (Å²) in [4.78, 5) is 23.0. The van der Waals surface area contributed by atoms with E-state index in [9.17, 15) is 14.7 Å². The predicted molar refractivity (Wildman–Crippen MR) is 71.8 cm³/mol. The predicted octanol–water partition coefficient (Wildman–Crippen LogP) is 1.22. The molecule has 0 spiro atoms. The summed E-state index contributed by atoms with van der Waals surface area (Å²) in [6, 6.07) is 9.35. The monoisotopic (exact) mass is 273 g/mol. The van der Waals surface area contributed by atoms with E-state index in [1.807, 2.05) is 0 Å². The molecule has 20 heavy (non-hydrogen) atoms. The number of hydrogen-bond donors (Lipinski definition) is 2. The highest BCUT2D eigenvalue weighted by Crippen LogP contribution is 2.12. The molecule has 2 N–H and O–H groups in total. The molecule has 0 fully saturated rings. The molecule has 0 saturated heterocycles. The molecule has 0 aliphatic heterocycles. The SMILES string of the molecule is O=C(CCn1cccn1)N[C@H](C(=O)O)c1ccccc1. The minimum absolute atomic E-state index is 0.179. The third-order valence-corrected chi connectivity index (χ3v) is 2.81.